The number of ketones is 2. The maximum atomic E-state index is 13.2. The Labute approximate surface area is 157 Å². The number of hydrogen-bond donors (Lipinski definition) is 2. The predicted octanol–water partition coefficient (Wildman–Crippen LogP) is 3.47. The number of fused-ring (bicyclic) bond motifs is 1. The van der Waals surface area contributed by atoms with Crippen molar-refractivity contribution in [3.05, 3.63) is 46.6 Å². The molecule has 1 atom stereocenters. The molecule has 1 unspecified atom stereocenters. The molecule has 6 heteroatoms. The van der Waals surface area contributed by atoms with Gasteiger partial charge in [0.1, 0.15) is 17.1 Å². The Bertz CT molecular complexity index is 934. The van der Waals surface area contributed by atoms with Crippen LogP contribution in [0.15, 0.2) is 35.4 Å². The highest BCUT2D eigenvalue weighted by Crippen LogP contribution is 2.58. The first kappa shape index (κ1) is 18.9. The quantitative estimate of drug-likeness (QED) is 0.480. The zero-order valence-corrected chi connectivity index (χ0v) is 15.8. The Morgan fingerprint density at radius 3 is 2.19 bits per heavy atom. The van der Waals surface area contributed by atoms with E-state index >= 15 is 0 Å². The number of Topliss-reactive ketones (excluding diaryl/α,β-unsaturated/α-hetero) is 1. The smallest absolute Gasteiger partial charge is 0.334 e. The molecule has 1 fully saturated rings. The van der Waals surface area contributed by atoms with Crippen molar-refractivity contribution >= 4 is 17.5 Å². The van der Waals surface area contributed by atoms with Crippen LogP contribution in [0.5, 0.6) is 11.5 Å². The van der Waals surface area contributed by atoms with Crippen LogP contribution in [0.4, 0.5) is 0 Å². The molecule has 3 rings (SSSR count). The molecule has 0 heterocycles. The summed E-state index contributed by atoms with van der Waals surface area (Å²) >= 11 is 0. The molecule has 142 valence electrons. The van der Waals surface area contributed by atoms with Crippen molar-refractivity contribution in [2.75, 3.05) is 0 Å². The molecular formula is C21H22O6. The lowest BCUT2D eigenvalue weighted by Gasteiger charge is -2.55. The molecule has 6 nitrogen and oxygen atoms in total. The van der Waals surface area contributed by atoms with Gasteiger partial charge >= 0.3 is 5.97 Å². The second-order valence-corrected chi connectivity index (χ2v) is 7.68. The van der Waals surface area contributed by atoms with E-state index in [-0.39, 0.29) is 22.4 Å². The minimum atomic E-state index is -1.27. The summed E-state index contributed by atoms with van der Waals surface area (Å²) in [5.41, 5.74) is -1.88. The van der Waals surface area contributed by atoms with E-state index in [1.807, 2.05) is 13.8 Å². The van der Waals surface area contributed by atoms with E-state index in [1.165, 1.54) is 0 Å². The van der Waals surface area contributed by atoms with E-state index in [0.717, 1.165) is 18.2 Å². The highest BCUT2D eigenvalue weighted by molar-refractivity contribution is 6.27. The number of phenols is 2. The van der Waals surface area contributed by atoms with E-state index in [1.54, 1.807) is 19.9 Å². The van der Waals surface area contributed by atoms with Crippen LogP contribution < -0.4 is 0 Å². The molecule has 1 aromatic rings. The number of carbonyl (C=O) groups excluding carboxylic acids is 3. The van der Waals surface area contributed by atoms with Gasteiger partial charge in [0.05, 0.1) is 11.1 Å². The molecule has 0 spiro atoms. The summed E-state index contributed by atoms with van der Waals surface area (Å²) in [6.45, 7) is 7.06. The number of ether oxygens (including phenoxy) is 1. The number of aromatic hydroxyl groups is 2. The van der Waals surface area contributed by atoms with Crippen LogP contribution >= 0.6 is 0 Å². The molecular weight excluding hydrogens is 348 g/mol. The molecule has 1 aromatic carbocycles. The van der Waals surface area contributed by atoms with Crippen molar-refractivity contribution in [1.29, 1.82) is 0 Å². The summed E-state index contributed by atoms with van der Waals surface area (Å²) in [6, 6.07) is 2.33. The second kappa shape index (κ2) is 6.08. The van der Waals surface area contributed by atoms with Crippen molar-refractivity contribution in [3.63, 3.8) is 0 Å². The number of benzene rings is 1. The minimum absolute atomic E-state index is 0.0365. The Hall–Kier alpha value is -2.89. The SMILES string of the molecule is CC=C(C)C(=O)OC1(C2=CC(=O)c3c(O)ccc(O)c3C2=O)CCC1(C)C. The van der Waals surface area contributed by atoms with Crippen LogP contribution in [0, 0.1) is 5.41 Å². The van der Waals surface area contributed by atoms with E-state index < -0.39 is 34.3 Å². The van der Waals surface area contributed by atoms with Gasteiger partial charge in [-0.2, -0.15) is 0 Å². The van der Waals surface area contributed by atoms with Crippen molar-refractivity contribution in [3.8, 4) is 11.5 Å². The molecule has 0 radical (unpaired) electrons. The van der Waals surface area contributed by atoms with Gasteiger partial charge < -0.3 is 14.9 Å². The monoisotopic (exact) mass is 370 g/mol. The first-order chi connectivity index (χ1) is 12.6. The van der Waals surface area contributed by atoms with Gasteiger partial charge in [-0.3, -0.25) is 9.59 Å². The largest absolute Gasteiger partial charge is 0.507 e. The molecule has 0 aliphatic heterocycles. The average Bonchev–Trinajstić information content (AvgIpc) is 2.62. The van der Waals surface area contributed by atoms with Gasteiger partial charge in [-0.15, -0.1) is 0 Å². The third-order valence-electron chi connectivity index (χ3n) is 5.81. The van der Waals surface area contributed by atoms with Crippen LogP contribution in [0.3, 0.4) is 0 Å². The minimum Gasteiger partial charge on any atom is -0.507 e. The zero-order valence-electron chi connectivity index (χ0n) is 15.8. The summed E-state index contributed by atoms with van der Waals surface area (Å²) in [5, 5.41) is 20.1. The van der Waals surface area contributed by atoms with Crippen LogP contribution in [-0.4, -0.2) is 33.3 Å². The summed E-state index contributed by atoms with van der Waals surface area (Å²) in [7, 11) is 0. The van der Waals surface area contributed by atoms with Crippen molar-refractivity contribution < 1.29 is 29.3 Å². The average molecular weight is 370 g/mol. The molecule has 1 saturated carbocycles. The Morgan fingerprint density at radius 1 is 1.11 bits per heavy atom. The van der Waals surface area contributed by atoms with Gasteiger partial charge in [-0.25, -0.2) is 4.79 Å². The third kappa shape index (κ3) is 2.59. The molecule has 0 bridgehead atoms. The van der Waals surface area contributed by atoms with E-state index in [0.29, 0.717) is 18.4 Å². The van der Waals surface area contributed by atoms with Crippen molar-refractivity contribution in [2.24, 2.45) is 5.41 Å². The molecule has 2 N–H and O–H groups in total. The summed E-state index contributed by atoms with van der Waals surface area (Å²) < 4.78 is 5.79. The van der Waals surface area contributed by atoms with Crippen LogP contribution in [-0.2, 0) is 9.53 Å². The Balaban J connectivity index is 2.15. The number of rotatable bonds is 3. The maximum absolute atomic E-state index is 13.2. The van der Waals surface area contributed by atoms with Crippen molar-refractivity contribution in [1.82, 2.24) is 0 Å². The molecule has 0 saturated heterocycles. The van der Waals surface area contributed by atoms with Crippen LogP contribution in [0.25, 0.3) is 0 Å². The summed E-state index contributed by atoms with van der Waals surface area (Å²) in [5.74, 6) is -2.54. The topological polar surface area (TPSA) is 101 Å². The fourth-order valence-electron chi connectivity index (χ4n) is 3.72. The van der Waals surface area contributed by atoms with Crippen LogP contribution in [0.2, 0.25) is 0 Å². The second-order valence-electron chi connectivity index (χ2n) is 7.68. The molecule has 2 aliphatic carbocycles. The van der Waals surface area contributed by atoms with E-state index in [2.05, 4.69) is 0 Å². The molecule has 0 aromatic heterocycles. The van der Waals surface area contributed by atoms with Gasteiger partial charge in [0.25, 0.3) is 0 Å². The lowest BCUT2D eigenvalue weighted by atomic mass is 9.54. The normalized spacial score (nSPS) is 24.0. The lowest BCUT2D eigenvalue weighted by molar-refractivity contribution is -0.183. The number of carbonyl (C=O) groups is 3. The van der Waals surface area contributed by atoms with Gasteiger partial charge in [-0.05, 0) is 44.9 Å². The Morgan fingerprint density at radius 2 is 1.70 bits per heavy atom. The molecule has 0 amide bonds. The van der Waals surface area contributed by atoms with Gasteiger partial charge in [-0.1, -0.05) is 19.9 Å². The van der Waals surface area contributed by atoms with E-state index in [4.69, 9.17) is 4.74 Å². The number of esters is 1. The molecule has 27 heavy (non-hydrogen) atoms. The Kier molecular flexibility index (Phi) is 4.25. The predicted molar refractivity (Wildman–Crippen MR) is 97.8 cm³/mol. The summed E-state index contributed by atoms with van der Waals surface area (Å²) in [4.78, 5) is 38.3. The van der Waals surface area contributed by atoms with Crippen molar-refractivity contribution in [2.45, 2.75) is 46.1 Å². The highest BCUT2D eigenvalue weighted by Gasteiger charge is 2.61. The third-order valence-corrected chi connectivity index (χ3v) is 5.81. The fourth-order valence-corrected chi connectivity index (χ4v) is 3.72. The van der Waals surface area contributed by atoms with E-state index in [9.17, 15) is 24.6 Å². The first-order valence-electron chi connectivity index (χ1n) is 8.78. The van der Waals surface area contributed by atoms with Crippen LogP contribution in [0.1, 0.15) is 61.3 Å². The van der Waals surface area contributed by atoms with Gasteiger partial charge in [0.2, 0.25) is 0 Å². The molecule has 2 aliphatic rings. The number of hydrogen-bond acceptors (Lipinski definition) is 6. The van der Waals surface area contributed by atoms with Gasteiger partial charge in [0, 0.05) is 16.6 Å². The number of allylic oxidation sites excluding steroid dienone is 2. The summed E-state index contributed by atoms with van der Waals surface area (Å²) in [6.07, 6.45) is 3.83. The zero-order chi connectivity index (χ0) is 20.1. The fraction of sp³-hybridized carbons (Fsp3) is 0.381. The lowest BCUT2D eigenvalue weighted by Crippen LogP contribution is -2.60. The first-order valence-corrected chi connectivity index (χ1v) is 8.78. The number of phenolic OH excluding ortho intramolecular Hbond substituents is 2. The maximum Gasteiger partial charge on any atom is 0.334 e. The van der Waals surface area contributed by atoms with Gasteiger partial charge in [0.15, 0.2) is 11.6 Å². The highest BCUT2D eigenvalue weighted by atomic mass is 16.6. The standard InChI is InChI=1S/C21H22O6/c1-5-11(2)19(26)27-21(9-8-20(21,3)4)12-10-15(24)16-13(22)6-7-14(23)17(16)18(12)25/h5-7,10,22-23H,8-9H2,1-4H3.